The minimum atomic E-state index is 0.173. The highest BCUT2D eigenvalue weighted by molar-refractivity contribution is 9.11. The maximum absolute atomic E-state index is 4.64. The van der Waals surface area contributed by atoms with Gasteiger partial charge in [-0.1, -0.05) is 32.9 Å². The SMILES string of the molecule is Cc1ccc(C(C)(C)C)cc1-c1nc(C)c(Br)s1. The Kier molecular flexibility index (Phi) is 3.65. The normalized spacial score (nSPS) is 11.9. The molecule has 18 heavy (non-hydrogen) atoms. The van der Waals surface area contributed by atoms with Crippen LogP contribution in [0.4, 0.5) is 0 Å². The van der Waals surface area contributed by atoms with Gasteiger partial charge in [0, 0.05) is 5.56 Å². The van der Waals surface area contributed by atoms with Gasteiger partial charge in [0.25, 0.3) is 0 Å². The fourth-order valence-electron chi connectivity index (χ4n) is 1.81. The van der Waals surface area contributed by atoms with Crippen molar-refractivity contribution in [1.82, 2.24) is 4.98 Å². The molecule has 0 saturated heterocycles. The van der Waals surface area contributed by atoms with Gasteiger partial charge in [-0.25, -0.2) is 4.98 Å². The minimum Gasteiger partial charge on any atom is -0.240 e. The molecule has 1 aromatic heterocycles. The largest absolute Gasteiger partial charge is 0.240 e. The summed E-state index contributed by atoms with van der Waals surface area (Å²) in [5, 5.41) is 1.10. The number of thiazole rings is 1. The van der Waals surface area contributed by atoms with Crippen molar-refractivity contribution < 1.29 is 0 Å². The summed E-state index contributed by atoms with van der Waals surface area (Å²) in [6.45, 7) is 10.9. The maximum atomic E-state index is 4.64. The van der Waals surface area contributed by atoms with Gasteiger partial charge >= 0.3 is 0 Å². The Labute approximate surface area is 121 Å². The first kappa shape index (κ1) is 13.8. The van der Waals surface area contributed by atoms with E-state index < -0.39 is 0 Å². The molecule has 0 saturated carbocycles. The molecule has 0 bridgehead atoms. The van der Waals surface area contributed by atoms with Crippen LogP contribution in [0.1, 0.15) is 37.6 Å². The number of rotatable bonds is 1. The average molecular weight is 324 g/mol. The van der Waals surface area contributed by atoms with Gasteiger partial charge in [-0.3, -0.25) is 0 Å². The van der Waals surface area contributed by atoms with E-state index in [0.717, 1.165) is 14.5 Å². The van der Waals surface area contributed by atoms with Crippen LogP contribution in [0.5, 0.6) is 0 Å². The molecule has 0 atom stereocenters. The van der Waals surface area contributed by atoms with Gasteiger partial charge in [0.15, 0.2) is 0 Å². The van der Waals surface area contributed by atoms with Crippen molar-refractivity contribution in [2.24, 2.45) is 0 Å². The molecule has 1 heterocycles. The fourth-order valence-corrected chi connectivity index (χ4v) is 3.24. The molecule has 0 amide bonds. The second-order valence-corrected chi connectivity index (χ2v) is 7.97. The molecule has 3 heteroatoms. The van der Waals surface area contributed by atoms with Gasteiger partial charge in [-0.05, 0) is 52.4 Å². The summed E-state index contributed by atoms with van der Waals surface area (Å²) in [7, 11) is 0. The summed E-state index contributed by atoms with van der Waals surface area (Å²) < 4.78 is 1.12. The number of aryl methyl sites for hydroxylation is 2. The van der Waals surface area contributed by atoms with E-state index in [9.17, 15) is 0 Å². The molecule has 0 fully saturated rings. The molecule has 1 aromatic carbocycles. The zero-order valence-electron chi connectivity index (χ0n) is 11.5. The highest BCUT2D eigenvalue weighted by Crippen LogP contribution is 2.35. The monoisotopic (exact) mass is 323 g/mol. The van der Waals surface area contributed by atoms with Crippen LogP contribution in [0.25, 0.3) is 10.6 Å². The van der Waals surface area contributed by atoms with Gasteiger partial charge in [0.2, 0.25) is 0 Å². The highest BCUT2D eigenvalue weighted by atomic mass is 79.9. The summed E-state index contributed by atoms with van der Waals surface area (Å²) >= 11 is 5.26. The Hall–Kier alpha value is -0.670. The number of aromatic nitrogens is 1. The summed E-state index contributed by atoms with van der Waals surface area (Å²) in [5.74, 6) is 0. The summed E-state index contributed by atoms with van der Waals surface area (Å²) in [6, 6.07) is 6.69. The second-order valence-electron chi connectivity index (χ2n) is 5.66. The third kappa shape index (κ3) is 2.67. The number of hydrogen-bond acceptors (Lipinski definition) is 2. The van der Waals surface area contributed by atoms with E-state index in [0.29, 0.717) is 0 Å². The lowest BCUT2D eigenvalue weighted by atomic mass is 9.85. The summed E-state index contributed by atoms with van der Waals surface area (Å²) in [6.07, 6.45) is 0. The third-order valence-electron chi connectivity index (χ3n) is 3.07. The van der Waals surface area contributed by atoms with Gasteiger partial charge in [0.1, 0.15) is 5.01 Å². The van der Waals surface area contributed by atoms with Crippen LogP contribution in [-0.4, -0.2) is 4.98 Å². The van der Waals surface area contributed by atoms with E-state index in [-0.39, 0.29) is 5.41 Å². The Balaban J connectivity index is 2.56. The molecule has 0 N–H and O–H groups in total. The Morgan fingerprint density at radius 2 is 1.83 bits per heavy atom. The molecule has 96 valence electrons. The zero-order chi connectivity index (χ0) is 13.5. The Bertz CT molecular complexity index is 559. The van der Waals surface area contributed by atoms with Crippen LogP contribution in [0.3, 0.4) is 0 Å². The first-order valence-electron chi connectivity index (χ1n) is 6.03. The molecular formula is C15H18BrNS. The van der Waals surface area contributed by atoms with E-state index >= 15 is 0 Å². The lowest BCUT2D eigenvalue weighted by Crippen LogP contribution is -2.11. The number of nitrogens with zero attached hydrogens (tertiary/aromatic N) is 1. The van der Waals surface area contributed by atoms with Gasteiger partial charge in [-0.2, -0.15) is 0 Å². The average Bonchev–Trinajstić information content (AvgIpc) is 2.58. The molecule has 0 unspecified atom stereocenters. The van der Waals surface area contributed by atoms with Crippen molar-refractivity contribution in [3.63, 3.8) is 0 Å². The summed E-state index contributed by atoms with van der Waals surface area (Å²) in [4.78, 5) is 4.64. The Morgan fingerprint density at radius 3 is 2.33 bits per heavy atom. The van der Waals surface area contributed by atoms with E-state index in [2.05, 4.69) is 66.8 Å². The maximum Gasteiger partial charge on any atom is 0.124 e. The van der Waals surface area contributed by atoms with Crippen molar-refractivity contribution in [1.29, 1.82) is 0 Å². The van der Waals surface area contributed by atoms with Crippen molar-refractivity contribution in [3.05, 3.63) is 38.8 Å². The van der Waals surface area contributed by atoms with E-state index in [1.165, 1.54) is 16.7 Å². The van der Waals surface area contributed by atoms with Crippen molar-refractivity contribution in [2.75, 3.05) is 0 Å². The quantitative estimate of drug-likeness (QED) is 0.676. The van der Waals surface area contributed by atoms with Crippen LogP contribution in [0, 0.1) is 13.8 Å². The minimum absolute atomic E-state index is 0.173. The smallest absolute Gasteiger partial charge is 0.124 e. The predicted octanol–water partition coefficient (Wildman–Crippen LogP) is 5.49. The molecule has 1 nitrogen and oxygen atoms in total. The van der Waals surface area contributed by atoms with E-state index in [1.807, 2.05) is 6.92 Å². The summed E-state index contributed by atoms with van der Waals surface area (Å²) in [5.41, 5.74) is 5.12. The van der Waals surface area contributed by atoms with Crippen LogP contribution in [-0.2, 0) is 5.41 Å². The molecule has 0 aliphatic rings. The van der Waals surface area contributed by atoms with Crippen LogP contribution >= 0.6 is 27.3 Å². The lowest BCUT2D eigenvalue weighted by molar-refractivity contribution is 0.590. The zero-order valence-corrected chi connectivity index (χ0v) is 13.9. The molecule has 0 aliphatic carbocycles. The van der Waals surface area contributed by atoms with E-state index in [1.54, 1.807) is 11.3 Å². The molecule has 2 aromatic rings. The van der Waals surface area contributed by atoms with Crippen molar-refractivity contribution >= 4 is 27.3 Å². The number of halogens is 1. The lowest BCUT2D eigenvalue weighted by Gasteiger charge is -2.20. The van der Waals surface area contributed by atoms with Crippen LogP contribution in [0.2, 0.25) is 0 Å². The highest BCUT2D eigenvalue weighted by Gasteiger charge is 2.17. The molecule has 0 radical (unpaired) electrons. The first-order valence-corrected chi connectivity index (χ1v) is 7.64. The first-order chi connectivity index (χ1) is 8.29. The van der Waals surface area contributed by atoms with Crippen molar-refractivity contribution in [3.8, 4) is 10.6 Å². The predicted molar refractivity (Wildman–Crippen MR) is 83.4 cm³/mol. The van der Waals surface area contributed by atoms with Crippen LogP contribution < -0.4 is 0 Å². The van der Waals surface area contributed by atoms with E-state index in [4.69, 9.17) is 0 Å². The van der Waals surface area contributed by atoms with Gasteiger partial charge in [0.05, 0.1) is 9.48 Å². The second kappa shape index (κ2) is 4.78. The Morgan fingerprint density at radius 1 is 1.17 bits per heavy atom. The van der Waals surface area contributed by atoms with Crippen molar-refractivity contribution in [2.45, 2.75) is 40.0 Å². The third-order valence-corrected chi connectivity index (χ3v) is 5.11. The number of hydrogen-bond donors (Lipinski definition) is 0. The van der Waals surface area contributed by atoms with Gasteiger partial charge in [-0.15, -0.1) is 11.3 Å². The molecule has 2 rings (SSSR count). The topological polar surface area (TPSA) is 12.9 Å². The molecular weight excluding hydrogens is 306 g/mol. The van der Waals surface area contributed by atoms with Gasteiger partial charge < -0.3 is 0 Å². The molecule has 0 spiro atoms. The number of benzene rings is 1. The fraction of sp³-hybridized carbons (Fsp3) is 0.400. The van der Waals surface area contributed by atoms with Crippen LogP contribution in [0.15, 0.2) is 22.0 Å². The molecule has 0 aliphatic heterocycles. The standard InChI is InChI=1S/C15H18BrNS/c1-9-6-7-11(15(3,4)5)8-12(9)14-17-10(2)13(16)18-14/h6-8H,1-5H3.